The highest BCUT2D eigenvalue weighted by molar-refractivity contribution is 6.02. The first kappa shape index (κ1) is 19.8. The van der Waals surface area contributed by atoms with Crippen LogP contribution < -0.4 is 10.6 Å². The number of piperazine rings is 1. The van der Waals surface area contributed by atoms with Gasteiger partial charge in [0.05, 0.1) is 6.54 Å². The van der Waals surface area contributed by atoms with Crippen LogP contribution in [0.5, 0.6) is 0 Å². The normalized spacial score (nSPS) is 16.9. The summed E-state index contributed by atoms with van der Waals surface area (Å²) < 4.78 is 13.8. The Hall–Kier alpha value is -2.99. The third-order valence-electron chi connectivity index (χ3n) is 4.78. The standard InChI is InChI=1S/C22H25FN4O/c1-2-25-21-16-26(12-13-27(21)19-9-4-3-5-10-19)22(28)15-18(24)14-17-8-6-7-11-20(17)23/h2-11,18H,1,12-16,24H2/t18-/m1/s1. The number of nitrogens with two attached hydrogens (primary N) is 1. The third-order valence-corrected chi connectivity index (χ3v) is 4.78. The Morgan fingerprint density at radius 1 is 1.18 bits per heavy atom. The summed E-state index contributed by atoms with van der Waals surface area (Å²) in [4.78, 5) is 20.9. The van der Waals surface area contributed by atoms with E-state index in [9.17, 15) is 9.18 Å². The van der Waals surface area contributed by atoms with Crippen LogP contribution in [0.25, 0.3) is 0 Å². The second kappa shape index (κ2) is 9.28. The first-order chi connectivity index (χ1) is 13.6. The molecule has 5 nitrogen and oxygen atoms in total. The van der Waals surface area contributed by atoms with Crippen molar-refractivity contribution < 1.29 is 9.18 Å². The molecule has 1 heterocycles. The van der Waals surface area contributed by atoms with E-state index < -0.39 is 6.04 Å². The molecule has 1 aliphatic heterocycles. The minimum absolute atomic E-state index is 0.0479. The summed E-state index contributed by atoms with van der Waals surface area (Å²) >= 11 is 0. The van der Waals surface area contributed by atoms with E-state index in [4.69, 9.17) is 5.73 Å². The molecule has 2 aromatic carbocycles. The Morgan fingerprint density at radius 3 is 2.61 bits per heavy atom. The van der Waals surface area contributed by atoms with Crippen LogP contribution in [-0.2, 0) is 11.2 Å². The predicted octanol–water partition coefficient (Wildman–Crippen LogP) is 2.98. The molecule has 1 saturated heterocycles. The molecule has 0 bridgehead atoms. The molecule has 146 valence electrons. The van der Waals surface area contributed by atoms with Gasteiger partial charge in [0, 0.05) is 37.4 Å². The molecule has 0 spiro atoms. The zero-order valence-corrected chi connectivity index (χ0v) is 15.8. The number of carbonyl (C=O) groups excluding carboxylic acids is 1. The van der Waals surface area contributed by atoms with Crippen molar-refractivity contribution in [1.82, 2.24) is 4.90 Å². The second-order valence-corrected chi connectivity index (χ2v) is 6.79. The van der Waals surface area contributed by atoms with Crippen molar-refractivity contribution in [3.05, 3.63) is 78.8 Å². The average Bonchev–Trinajstić information content (AvgIpc) is 2.70. The van der Waals surface area contributed by atoms with Crippen LogP contribution in [0.4, 0.5) is 10.1 Å². The first-order valence-corrected chi connectivity index (χ1v) is 9.35. The minimum atomic E-state index is -0.434. The molecule has 2 aromatic rings. The number of benzene rings is 2. The summed E-state index contributed by atoms with van der Waals surface area (Å²) in [5.74, 6) is 0.430. The van der Waals surface area contributed by atoms with Crippen LogP contribution in [0.1, 0.15) is 12.0 Å². The number of carbonyl (C=O) groups is 1. The number of anilines is 1. The summed E-state index contributed by atoms with van der Waals surface area (Å²) in [5, 5.41) is 0. The molecule has 1 atom stereocenters. The number of hydrogen-bond donors (Lipinski definition) is 1. The molecule has 1 fully saturated rings. The van der Waals surface area contributed by atoms with Crippen LogP contribution >= 0.6 is 0 Å². The average molecular weight is 380 g/mol. The highest BCUT2D eigenvalue weighted by atomic mass is 19.1. The maximum atomic E-state index is 13.8. The topological polar surface area (TPSA) is 61.9 Å². The molecule has 1 amide bonds. The van der Waals surface area contributed by atoms with Crippen LogP contribution in [0.15, 0.2) is 72.4 Å². The summed E-state index contributed by atoms with van der Waals surface area (Å²) in [6, 6.07) is 16.0. The number of para-hydroxylation sites is 1. The number of amidine groups is 1. The van der Waals surface area contributed by atoms with E-state index in [-0.39, 0.29) is 18.1 Å². The van der Waals surface area contributed by atoms with E-state index in [1.54, 1.807) is 23.1 Å². The Bertz CT molecular complexity index is 853. The number of hydrogen-bond acceptors (Lipinski definition) is 3. The number of rotatable bonds is 6. The molecule has 2 N–H and O–H groups in total. The number of nitrogens with zero attached hydrogens (tertiary/aromatic N) is 3. The number of amides is 1. The van der Waals surface area contributed by atoms with Gasteiger partial charge in [0.15, 0.2) is 0 Å². The molecular formula is C22H25FN4O. The van der Waals surface area contributed by atoms with E-state index in [1.165, 1.54) is 12.3 Å². The monoisotopic (exact) mass is 380 g/mol. The smallest absolute Gasteiger partial charge is 0.224 e. The fourth-order valence-electron chi connectivity index (χ4n) is 3.37. The SMILES string of the molecule is C=CN=C1CN(C(=O)C[C@H](N)Cc2ccccc2F)CCN1c1ccccc1. The van der Waals surface area contributed by atoms with Crippen LogP contribution in [0.3, 0.4) is 0 Å². The summed E-state index contributed by atoms with van der Waals surface area (Å²) in [7, 11) is 0. The molecule has 6 heteroatoms. The quantitative estimate of drug-likeness (QED) is 0.838. The first-order valence-electron chi connectivity index (χ1n) is 9.35. The van der Waals surface area contributed by atoms with Crippen molar-refractivity contribution in [2.24, 2.45) is 10.7 Å². The van der Waals surface area contributed by atoms with E-state index in [0.717, 1.165) is 11.5 Å². The van der Waals surface area contributed by atoms with Crippen LogP contribution in [0.2, 0.25) is 0 Å². The van der Waals surface area contributed by atoms with Gasteiger partial charge < -0.3 is 15.5 Å². The van der Waals surface area contributed by atoms with E-state index in [2.05, 4.69) is 16.5 Å². The molecular weight excluding hydrogens is 355 g/mol. The Kier molecular flexibility index (Phi) is 6.55. The van der Waals surface area contributed by atoms with Gasteiger partial charge in [-0.25, -0.2) is 9.38 Å². The predicted molar refractivity (Wildman–Crippen MR) is 111 cm³/mol. The van der Waals surface area contributed by atoms with E-state index in [0.29, 0.717) is 31.6 Å². The maximum absolute atomic E-state index is 13.8. The zero-order chi connectivity index (χ0) is 19.9. The van der Waals surface area contributed by atoms with Crippen molar-refractivity contribution in [1.29, 1.82) is 0 Å². The molecule has 28 heavy (non-hydrogen) atoms. The number of aliphatic imine (C=N–C) groups is 1. The second-order valence-electron chi connectivity index (χ2n) is 6.79. The summed E-state index contributed by atoms with van der Waals surface area (Å²) in [6.45, 7) is 5.30. The summed E-state index contributed by atoms with van der Waals surface area (Å²) in [5.41, 5.74) is 7.69. The molecule has 3 rings (SSSR count). The van der Waals surface area contributed by atoms with Gasteiger partial charge >= 0.3 is 0 Å². The molecule has 1 aliphatic rings. The van der Waals surface area contributed by atoms with Crippen LogP contribution in [-0.4, -0.2) is 42.3 Å². The number of halogens is 1. The van der Waals surface area contributed by atoms with Gasteiger partial charge in [0.25, 0.3) is 0 Å². The highest BCUT2D eigenvalue weighted by Crippen LogP contribution is 2.18. The van der Waals surface area contributed by atoms with Crippen molar-refractivity contribution in [3.63, 3.8) is 0 Å². The van der Waals surface area contributed by atoms with Crippen LogP contribution in [0, 0.1) is 5.82 Å². The molecule has 0 radical (unpaired) electrons. The lowest BCUT2D eigenvalue weighted by molar-refractivity contribution is -0.130. The fourth-order valence-corrected chi connectivity index (χ4v) is 3.37. The van der Waals surface area contributed by atoms with Gasteiger partial charge in [-0.1, -0.05) is 43.0 Å². The third kappa shape index (κ3) is 4.84. The van der Waals surface area contributed by atoms with Gasteiger partial charge in [-0.3, -0.25) is 4.79 Å². The molecule has 0 aromatic heterocycles. The Balaban J connectivity index is 1.63. The molecule has 0 unspecified atom stereocenters. The largest absolute Gasteiger partial charge is 0.333 e. The van der Waals surface area contributed by atoms with E-state index >= 15 is 0 Å². The molecule has 0 aliphatic carbocycles. The van der Waals surface area contributed by atoms with Crippen molar-refractivity contribution >= 4 is 17.4 Å². The van der Waals surface area contributed by atoms with Gasteiger partial charge in [0.1, 0.15) is 11.7 Å². The van der Waals surface area contributed by atoms with Crippen molar-refractivity contribution in [3.8, 4) is 0 Å². The fraction of sp³-hybridized carbons (Fsp3) is 0.273. The van der Waals surface area contributed by atoms with Crippen molar-refractivity contribution in [2.75, 3.05) is 24.5 Å². The Morgan fingerprint density at radius 2 is 1.89 bits per heavy atom. The minimum Gasteiger partial charge on any atom is -0.333 e. The zero-order valence-electron chi connectivity index (χ0n) is 15.8. The highest BCUT2D eigenvalue weighted by Gasteiger charge is 2.27. The molecule has 0 saturated carbocycles. The van der Waals surface area contributed by atoms with Gasteiger partial charge in [0.2, 0.25) is 5.91 Å². The van der Waals surface area contributed by atoms with Gasteiger partial charge in [-0.15, -0.1) is 0 Å². The lowest BCUT2D eigenvalue weighted by Gasteiger charge is -2.37. The van der Waals surface area contributed by atoms with Gasteiger partial charge in [-0.05, 0) is 30.2 Å². The van der Waals surface area contributed by atoms with E-state index in [1.807, 2.05) is 30.3 Å². The Labute approximate surface area is 165 Å². The van der Waals surface area contributed by atoms with Gasteiger partial charge in [-0.2, -0.15) is 0 Å². The van der Waals surface area contributed by atoms with Crippen molar-refractivity contribution in [2.45, 2.75) is 18.9 Å². The summed E-state index contributed by atoms with van der Waals surface area (Å²) in [6.07, 6.45) is 1.99. The maximum Gasteiger partial charge on any atom is 0.224 e. The lowest BCUT2D eigenvalue weighted by atomic mass is 10.0. The lowest BCUT2D eigenvalue weighted by Crippen LogP contribution is -2.53.